The quantitative estimate of drug-likeness (QED) is 0.847. The molecule has 0 saturated heterocycles. The van der Waals surface area contributed by atoms with Gasteiger partial charge in [-0.1, -0.05) is 12.1 Å². The summed E-state index contributed by atoms with van der Waals surface area (Å²) in [5.74, 6) is -0.970. The molecule has 4 heteroatoms. The Kier molecular flexibility index (Phi) is 4.48. The zero-order valence-electron chi connectivity index (χ0n) is 12.9. The molecule has 2 N–H and O–H groups in total. The van der Waals surface area contributed by atoms with E-state index in [4.69, 9.17) is 5.11 Å². The number of carbonyl (C=O) groups is 1. The lowest BCUT2D eigenvalue weighted by Crippen LogP contribution is -2.38. The Morgan fingerprint density at radius 2 is 1.82 bits per heavy atom. The number of rotatable bonds is 6. The molecule has 2 aliphatic carbocycles. The van der Waals surface area contributed by atoms with Crippen LogP contribution in [0.1, 0.15) is 44.1 Å². The van der Waals surface area contributed by atoms with E-state index in [-0.39, 0.29) is 11.7 Å². The molecule has 1 aromatic carbocycles. The van der Waals surface area contributed by atoms with Gasteiger partial charge in [0.2, 0.25) is 0 Å². The number of halogens is 1. The molecule has 3 rings (SSSR count). The molecule has 0 amide bonds. The summed E-state index contributed by atoms with van der Waals surface area (Å²) in [6.07, 6.45) is 6.96. The average Bonchev–Trinajstić information content (AvgIpc) is 3.28. The van der Waals surface area contributed by atoms with E-state index in [1.165, 1.54) is 30.5 Å². The fourth-order valence-electron chi connectivity index (χ4n) is 3.53. The molecule has 0 unspecified atom stereocenters. The van der Waals surface area contributed by atoms with Crippen LogP contribution >= 0.6 is 0 Å². The fourth-order valence-corrected chi connectivity index (χ4v) is 3.53. The first-order valence-corrected chi connectivity index (χ1v) is 8.27. The Morgan fingerprint density at radius 3 is 2.36 bits per heavy atom. The third-order valence-electron chi connectivity index (χ3n) is 5.29. The van der Waals surface area contributed by atoms with Crippen molar-refractivity contribution >= 4 is 5.97 Å². The van der Waals surface area contributed by atoms with Gasteiger partial charge in [0.25, 0.3) is 0 Å². The maximum absolute atomic E-state index is 13.0. The van der Waals surface area contributed by atoms with Gasteiger partial charge in [0.15, 0.2) is 0 Å². The van der Waals surface area contributed by atoms with Crippen molar-refractivity contribution < 1.29 is 14.3 Å². The Morgan fingerprint density at radius 1 is 1.18 bits per heavy atom. The summed E-state index contributed by atoms with van der Waals surface area (Å²) in [7, 11) is 0. The van der Waals surface area contributed by atoms with Crippen molar-refractivity contribution in [2.45, 2.75) is 51.0 Å². The molecule has 0 spiro atoms. The highest BCUT2D eigenvalue weighted by Gasteiger charge is 2.42. The molecule has 2 fully saturated rings. The van der Waals surface area contributed by atoms with E-state index >= 15 is 0 Å². The van der Waals surface area contributed by atoms with Crippen molar-refractivity contribution in [2.24, 2.45) is 11.3 Å². The fraction of sp³-hybridized carbons (Fsp3) is 0.611. The van der Waals surface area contributed by atoms with Gasteiger partial charge in [0.05, 0.1) is 5.92 Å². The van der Waals surface area contributed by atoms with E-state index in [9.17, 15) is 9.18 Å². The van der Waals surface area contributed by atoms with Crippen LogP contribution in [0.25, 0.3) is 0 Å². The maximum atomic E-state index is 13.0. The van der Waals surface area contributed by atoms with Crippen LogP contribution in [0, 0.1) is 17.2 Å². The second kappa shape index (κ2) is 6.37. The summed E-state index contributed by atoms with van der Waals surface area (Å²) >= 11 is 0. The predicted octanol–water partition coefficient (Wildman–Crippen LogP) is 3.38. The van der Waals surface area contributed by atoms with Gasteiger partial charge in [-0.05, 0) is 68.1 Å². The summed E-state index contributed by atoms with van der Waals surface area (Å²) in [4.78, 5) is 11.0. The second-order valence-electron chi connectivity index (χ2n) is 7.07. The highest BCUT2D eigenvalue weighted by atomic mass is 19.1. The summed E-state index contributed by atoms with van der Waals surface area (Å²) in [5.41, 5.74) is 1.54. The van der Waals surface area contributed by atoms with Gasteiger partial charge >= 0.3 is 5.97 Å². The zero-order chi connectivity index (χ0) is 15.6. The Balaban J connectivity index is 1.45. The van der Waals surface area contributed by atoms with E-state index in [1.54, 1.807) is 0 Å². The molecular formula is C18H24FNO2. The summed E-state index contributed by atoms with van der Waals surface area (Å²) in [5, 5.41) is 12.7. The number of benzene rings is 1. The van der Waals surface area contributed by atoms with Gasteiger partial charge in [-0.3, -0.25) is 4.79 Å². The number of aliphatic carboxylic acids is 1. The van der Waals surface area contributed by atoms with Gasteiger partial charge in [0, 0.05) is 12.6 Å². The van der Waals surface area contributed by atoms with Crippen molar-refractivity contribution in [3.05, 3.63) is 35.6 Å². The minimum Gasteiger partial charge on any atom is -0.481 e. The smallest absolute Gasteiger partial charge is 0.306 e. The molecule has 2 saturated carbocycles. The number of hydrogen-bond acceptors (Lipinski definition) is 2. The Bertz CT molecular complexity index is 516. The van der Waals surface area contributed by atoms with Gasteiger partial charge in [-0.2, -0.15) is 0 Å². The highest BCUT2D eigenvalue weighted by molar-refractivity contribution is 5.70. The topological polar surface area (TPSA) is 49.3 Å². The van der Waals surface area contributed by atoms with Crippen LogP contribution < -0.4 is 5.32 Å². The normalized spacial score (nSPS) is 26.6. The first-order chi connectivity index (χ1) is 10.6. The number of hydrogen-bond donors (Lipinski definition) is 2. The van der Waals surface area contributed by atoms with E-state index in [1.807, 2.05) is 12.1 Å². The van der Waals surface area contributed by atoms with Crippen LogP contribution in [0.2, 0.25) is 0 Å². The molecule has 22 heavy (non-hydrogen) atoms. The van der Waals surface area contributed by atoms with E-state index in [0.29, 0.717) is 11.5 Å². The predicted molar refractivity (Wildman–Crippen MR) is 83.2 cm³/mol. The lowest BCUT2D eigenvalue weighted by atomic mass is 9.85. The summed E-state index contributed by atoms with van der Waals surface area (Å²) in [6, 6.07) is 7.29. The number of nitrogens with one attached hydrogen (secondary N) is 1. The van der Waals surface area contributed by atoms with Crippen LogP contribution in [-0.4, -0.2) is 23.7 Å². The van der Waals surface area contributed by atoms with E-state index in [0.717, 1.165) is 38.6 Å². The molecule has 0 bridgehead atoms. The first-order valence-electron chi connectivity index (χ1n) is 8.27. The van der Waals surface area contributed by atoms with Crippen molar-refractivity contribution in [2.75, 3.05) is 6.54 Å². The lowest BCUT2D eigenvalue weighted by molar-refractivity contribution is -0.142. The molecule has 1 aromatic rings. The van der Waals surface area contributed by atoms with Crippen molar-refractivity contribution in [1.29, 1.82) is 0 Å². The van der Waals surface area contributed by atoms with Gasteiger partial charge in [-0.25, -0.2) is 4.39 Å². The van der Waals surface area contributed by atoms with Gasteiger partial charge < -0.3 is 10.4 Å². The average molecular weight is 305 g/mol. The van der Waals surface area contributed by atoms with Crippen LogP contribution in [0.3, 0.4) is 0 Å². The van der Waals surface area contributed by atoms with Crippen molar-refractivity contribution in [3.63, 3.8) is 0 Å². The van der Waals surface area contributed by atoms with Crippen molar-refractivity contribution in [1.82, 2.24) is 5.32 Å². The third kappa shape index (κ3) is 3.86. The van der Waals surface area contributed by atoms with Gasteiger partial charge in [0.1, 0.15) is 5.82 Å². The Hall–Kier alpha value is -1.42. The number of carboxylic acids is 1. The molecule has 0 radical (unpaired) electrons. The summed E-state index contributed by atoms with van der Waals surface area (Å²) < 4.78 is 13.0. The highest BCUT2D eigenvalue weighted by Crippen LogP contribution is 2.48. The molecule has 2 aliphatic rings. The largest absolute Gasteiger partial charge is 0.481 e. The summed E-state index contributed by atoms with van der Waals surface area (Å²) in [6.45, 7) is 0.993. The Labute approximate surface area is 130 Å². The molecule has 0 aliphatic heterocycles. The maximum Gasteiger partial charge on any atom is 0.306 e. The van der Waals surface area contributed by atoms with Crippen LogP contribution in [0.15, 0.2) is 24.3 Å². The molecule has 0 aromatic heterocycles. The third-order valence-corrected chi connectivity index (χ3v) is 5.29. The lowest BCUT2D eigenvalue weighted by Gasteiger charge is -2.28. The van der Waals surface area contributed by atoms with Crippen LogP contribution in [0.5, 0.6) is 0 Å². The minimum absolute atomic E-state index is 0.146. The van der Waals surface area contributed by atoms with Crippen LogP contribution in [-0.2, 0) is 11.2 Å². The zero-order valence-corrected chi connectivity index (χ0v) is 12.9. The molecule has 3 nitrogen and oxygen atoms in total. The molecule has 120 valence electrons. The van der Waals surface area contributed by atoms with E-state index < -0.39 is 5.97 Å². The van der Waals surface area contributed by atoms with E-state index in [2.05, 4.69) is 5.32 Å². The molecule has 0 atom stereocenters. The van der Waals surface area contributed by atoms with Crippen LogP contribution in [0.4, 0.5) is 4.39 Å². The van der Waals surface area contributed by atoms with Gasteiger partial charge in [-0.15, -0.1) is 0 Å². The molecular weight excluding hydrogens is 281 g/mol. The minimum atomic E-state index is -0.645. The van der Waals surface area contributed by atoms with Crippen molar-refractivity contribution in [3.8, 4) is 0 Å². The standard InChI is InChI=1S/C18H24FNO2/c19-15-5-1-13(2-6-15)11-18(9-10-18)12-20-16-7-3-14(4-8-16)17(21)22/h1-2,5-6,14,16,20H,3-4,7-12H2,(H,21,22). The monoisotopic (exact) mass is 305 g/mol. The second-order valence-corrected chi connectivity index (χ2v) is 7.07. The SMILES string of the molecule is O=C(O)C1CCC(NCC2(Cc3ccc(F)cc3)CC2)CC1. The first kappa shape index (κ1) is 15.5. The molecule has 0 heterocycles. The number of carboxylic acid groups (broad SMARTS) is 1.